The molecule has 2 amide bonds. The van der Waals surface area contributed by atoms with Gasteiger partial charge in [-0.3, -0.25) is 9.59 Å². The molecule has 0 saturated carbocycles. The van der Waals surface area contributed by atoms with Crippen LogP contribution in [0.25, 0.3) is 0 Å². The SMILES string of the molecule is CC(=O)N1c2ccc(S(=O)(=O)N3CCC[C@H](C(=O)Nc4ccc(C)c(F)c4)C3)cc2C[C@@H]1C. The zero-order valence-corrected chi connectivity index (χ0v) is 19.8. The highest BCUT2D eigenvalue weighted by Gasteiger charge is 2.35. The van der Waals surface area contributed by atoms with E-state index < -0.39 is 21.8 Å². The lowest BCUT2D eigenvalue weighted by molar-refractivity contribution is -0.121. The van der Waals surface area contributed by atoms with Crippen LogP contribution in [0, 0.1) is 18.7 Å². The summed E-state index contributed by atoms with van der Waals surface area (Å²) in [5, 5.41) is 2.71. The summed E-state index contributed by atoms with van der Waals surface area (Å²) in [5.74, 6) is -1.33. The molecular formula is C24H28FN3O4S. The molecule has 1 N–H and O–H groups in total. The molecule has 9 heteroatoms. The number of hydrogen-bond acceptors (Lipinski definition) is 4. The zero-order chi connectivity index (χ0) is 23.9. The summed E-state index contributed by atoms with van der Waals surface area (Å²) in [4.78, 5) is 26.6. The van der Waals surface area contributed by atoms with Crippen molar-refractivity contribution in [1.82, 2.24) is 4.31 Å². The molecule has 0 aliphatic carbocycles. The first-order valence-corrected chi connectivity index (χ1v) is 12.5. The topological polar surface area (TPSA) is 86.8 Å². The molecule has 33 heavy (non-hydrogen) atoms. The minimum absolute atomic E-state index is 0.0230. The fourth-order valence-electron chi connectivity index (χ4n) is 4.69. The molecule has 0 bridgehead atoms. The molecule has 7 nitrogen and oxygen atoms in total. The van der Waals surface area contributed by atoms with Crippen LogP contribution in [0.2, 0.25) is 0 Å². The van der Waals surface area contributed by atoms with E-state index in [4.69, 9.17) is 0 Å². The van der Waals surface area contributed by atoms with Crippen molar-refractivity contribution in [2.24, 2.45) is 5.92 Å². The summed E-state index contributed by atoms with van der Waals surface area (Å²) in [6.07, 6.45) is 1.71. The lowest BCUT2D eigenvalue weighted by atomic mass is 9.98. The number of nitrogens with zero attached hydrogens (tertiary/aromatic N) is 2. The number of piperidine rings is 1. The first-order valence-electron chi connectivity index (χ1n) is 11.1. The van der Waals surface area contributed by atoms with Gasteiger partial charge in [0.1, 0.15) is 5.82 Å². The summed E-state index contributed by atoms with van der Waals surface area (Å²) in [5.41, 5.74) is 2.41. The predicted octanol–water partition coefficient (Wildman–Crippen LogP) is 3.47. The van der Waals surface area contributed by atoms with Crippen molar-refractivity contribution in [3.05, 3.63) is 53.3 Å². The zero-order valence-electron chi connectivity index (χ0n) is 19.0. The Morgan fingerprint density at radius 1 is 1.15 bits per heavy atom. The van der Waals surface area contributed by atoms with Crippen LogP contribution in [0.15, 0.2) is 41.3 Å². The van der Waals surface area contributed by atoms with Gasteiger partial charge in [0.15, 0.2) is 0 Å². The van der Waals surface area contributed by atoms with Gasteiger partial charge in [-0.1, -0.05) is 6.07 Å². The first kappa shape index (κ1) is 23.4. The average Bonchev–Trinajstić information content (AvgIpc) is 3.11. The standard InChI is InChI=1S/C24H28FN3O4S/c1-15-6-7-20(13-22(15)25)26-24(30)18-5-4-10-27(14-18)33(31,32)21-8-9-23-19(12-21)11-16(2)28(23)17(3)29/h6-9,12-13,16,18H,4-5,10-11,14H2,1-3H3,(H,26,30)/t16-,18-/m0/s1. The van der Waals surface area contributed by atoms with E-state index in [2.05, 4.69) is 5.32 Å². The van der Waals surface area contributed by atoms with Crippen molar-refractivity contribution in [1.29, 1.82) is 0 Å². The van der Waals surface area contributed by atoms with Crippen molar-refractivity contribution in [3.8, 4) is 0 Å². The lowest BCUT2D eigenvalue weighted by Crippen LogP contribution is -2.43. The van der Waals surface area contributed by atoms with Crippen molar-refractivity contribution >= 4 is 33.2 Å². The fraction of sp³-hybridized carbons (Fsp3) is 0.417. The van der Waals surface area contributed by atoms with E-state index >= 15 is 0 Å². The lowest BCUT2D eigenvalue weighted by Gasteiger charge is -2.31. The molecule has 0 radical (unpaired) electrons. The van der Waals surface area contributed by atoms with Crippen LogP contribution in [-0.4, -0.2) is 43.7 Å². The monoisotopic (exact) mass is 473 g/mol. The molecule has 2 aliphatic rings. The van der Waals surface area contributed by atoms with Crippen LogP contribution >= 0.6 is 0 Å². The van der Waals surface area contributed by atoms with Gasteiger partial charge < -0.3 is 10.2 Å². The van der Waals surface area contributed by atoms with Crippen LogP contribution in [-0.2, 0) is 26.0 Å². The van der Waals surface area contributed by atoms with Gasteiger partial charge in [0.05, 0.1) is 10.8 Å². The molecule has 0 aromatic heterocycles. The van der Waals surface area contributed by atoms with Crippen molar-refractivity contribution < 1.29 is 22.4 Å². The van der Waals surface area contributed by atoms with Crippen molar-refractivity contribution in [2.75, 3.05) is 23.3 Å². The molecule has 4 rings (SSSR count). The van der Waals surface area contributed by atoms with E-state index in [1.54, 1.807) is 36.1 Å². The maximum absolute atomic E-state index is 13.8. The summed E-state index contributed by atoms with van der Waals surface area (Å²) in [6, 6.07) is 9.32. The second-order valence-corrected chi connectivity index (χ2v) is 10.8. The van der Waals surface area contributed by atoms with Crippen LogP contribution < -0.4 is 10.2 Å². The van der Waals surface area contributed by atoms with Gasteiger partial charge in [-0.25, -0.2) is 12.8 Å². The molecule has 2 aliphatic heterocycles. The van der Waals surface area contributed by atoms with Gasteiger partial charge in [-0.15, -0.1) is 0 Å². The summed E-state index contributed by atoms with van der Waals surface area (Å²) >= 11 is 0. The number of amides is 2. The van der Waals surface area contributed by atoms with Crippen LogP contribution in [0.1, 0.15) is 37.8 Å². The molecule has 2 heterocycles. The summed E-state index contributed by atoms with van der Waals surface area (Å²) in [7, 11) is -3.80. The van der Waals surface area contributed by atoms with E-state index in [0.717, 1.165) is 11.3 Å². The number of benzene rings is 2. The van der Waals surface area contributed by atoms with Gasteiger partial charge in [0.2, 0.25) is 21.8 Å². The third-order valence-electron chi connectivity index (χ3n) is 6.44. The molecular weight excluding hydrogens is 445 g/mol. The number of fused-ring (bicyclic) bond motifs is 1. The van der Waals surface area contributed by atoms with E-state index in [1.165, 1.54) is 23.4 Å². The summed E-state index contributed by atoms with van der Waals surface area (Å²) in [6.45, 7) is 5.47. The average molecular weight is 474 g/mol. The minimum Gasteiger partial charge on any atom is -0.326 e. The van der Waals surface area contributed by atoms with Crippen molar-refractivity contribution in [2.45, 2.75) is 51.0 Å². The quantitative estimate of drug-likeness (QED) is 0.737. The first-order chi connectivity index (χ1) is 15.6. The highest BCUT2D eigenvalue weighted by Crippen LogP contribution is 2.35. The number of halogens is 1. The maximum atomic E-state index is 13.8. The van der Waals surface area contributed by atoms with E-state index in [-0.39, 0.29) is 29.3 Å². The normalized spacial score (nSPS) is 21.0. The van der Waals surface area contributed by atoms with Crippen LogP contribution in [0.4, 0.5) is 15.8 Å². The third kappa shape index (κ3) is 4.52. The molecule has 1 fully saturated rings. The largest absolute Gasteiger partial charge is 0.326 e. The minimum atomic E-state index is -3.80. The molecule has 2 aromatic rings. The van der Waals surface area contributed by atoms with E-state index in [1.807, 2.05) is 6.92 Å². The number of aryl methyl sites for hydroxylation is 1. The number of carbonyl (C=O) groups is 2. The third-order valence-corrected chi connectivity index (χ3v) is 8.30. The maximum Gasteiger partial charge on any atom is 0.243 e. The number of sulfonamides is 1. The number of anilines is 2. The molecule has 2 atom stereocenters. The Kier molecular flexibility index (Phi) is 6.28. The van der Waals surface area contributed by atoms with Gasteiger partial charge >= 0.3 is 0 Å². The van der Waals surface area contributed by atoms with Crippen molar-refractivity contribution in [3.63, 3.8) is 0 Å². The summed E-state index contributed by atoms with van der Waals surface area (Å²) < 4.78 is 41.9. The Balaban J connectivity index is 1.51. The van der Waals surface area contributed by atoms with E-state index in [0.29, 0.717) is 37.1 Å². The number of carbonyl (C=O) groups excluding carboxylic acids is 2. The van der Waals surface area contributed by atoms with Gasteiger partial charge in [0, 0.05) is 37.4 Å². The van der Waals surface area contributed by atoms with Gasteiger partial charge in [0.25, 0.3) is 0 Å². The fourth-order valence-corrected chi connectivity index (χ4v) is 6.26. The highest BCUT2D eigenvalue weighted by molar-refractivity contribution is 7.89. The van der Waals surface area contributed by atoms with Gasteiger partial charge in [-0.05, 0) is 74.6 Å². The smallest absolute Gasteiger partial charge is 0.243 e. The predicted molar refractivity (Wildman–Crippen MR) is 124 cm³/mol. The highest BCUT2D eigenvalue weighted by atomic mass is 32.2. The number of hydrogen-bond donors (Lipinski definition) is 1. The molecule has 176 valence electrons. The van der Waals surface area contributed by atoms with E-state index in [9.17, 15) is 22.4 Å². The molecule has 2 aromatic carbocycles. The number of nitrogens with one attached hydrogen (secondary N) is 1. The van der Waals surface area contributed by atoms with Gasteiger partial charge in [-0.2, -0.15) is 4.31 Å². The molecule has 1 saturated heterocycles. The number of rotatable bonds is 4. The van der Waals surface area contributed by atoms with Crippen LogP contribution in [0.3, 0.4) is 0 Å². The Morgan fingerprint density at radius 2 is 1.91 bits per heavy atom. The van der Waals surface area contributed by atoms with Crippen LogP contribution in [0.5, 0.6) is 0 Å². The second kappa shape index (κ2) is 8.87. The second-order valence-electron chi connectivity index (χ2n) is 8.89. The Hall–Kier alpha value is -2.78. The Labute approximate surface area is 193 Å². The Morgan fingerprint density at radius 3 is 2.61 bits per heavy atom. The molecule has 0 unspecified atom stereocenters. The Bertz CT molecular complexity index is 1210. The molecule has 0 spiro atoms.